The molecule has 5 nitrogen and oxygen atoms in total. The van der Waals surface area contributed by atoms with Crippen LogP contribution in [-0.2, 0) is 17.8 Å². The molecule has 166 valence electrons. The number of hydrogen-bond acceptors (Lipinski definition) is 4. The molecule has 0 bridgehead atoms. The number of aryl methyl sites for hydroxylation is 1. The van der Waals surface area contributed by atoms with E-state index in [9.17, 15) is 9.59 Å². The fourth-order valence-corrected chi connectivity index (χ4v) is 5.46. The molecule has 0 spiro atoms. The molecule has 1 aliphatic heterocycles. The average molecular weight is 448 g/mol. The average Bonchev–Trinajstić information content (AvgIpc) is 2.83. The van der Waals surface area contributed by atoms with Crippen LogP contribution in [0.2, 0.25) is 0 Å². The minimum absolute atomic E-state index is 0.00628. The van der Waals surface area contributed by atoms with Crippen LogP contribution >= 0.6 is 11.8 Å². The Bertz CT molecular complexity index is 1090. The zero-order chi connectivity index (χ0) is 22.5. The van der Waals surface area contributed by atoms with Gasteiger partial charge in [0.2, 0.25) is 5.91 Å². The number of fused-ring (bicyclic) bond motifs is 1. The fourth-order valence-electron chi connectivity index (χ4n) is 4.34. The SMILES string of the molecule is CCc1c(C)nc2n(c1=O)CC(C(=O)NCCC(c1ccccc1)c1ccccc1)CS2. The molecule has 1 atom stereocenters. The van der Waals surface area contributed by atoms with Crippen LogP contribution in [0.5, 0.6) is 0 Å². The number of aromatic nitrogens is 2. The molecule has 6 heteroatoms. The first-order valence-electron chi connectivity index (χ1n) is 11.2. The first-order valence-corrected chi connectivity index (χ1v) is 12.2. The van der Waals surface area contributed by atoms with Crippen LogP contribution in [-0.4, -0.2) is 27.8 Å². The van der Waals surface area contributed by atoms with Crippen LogP contribution in [0, 0.1) is 12.8 Å². The Labute approximate surface area is 193 Å². The molecule has 0 aliphatic carbocycles. The molecule has 4 rings (SSSR count). The molecule has 32 heavy (non-hydrogen) atoms. The van der Waals surface area contributed by atoms with E-state index in [1.54, 1.807) is 4.57 Å². The summed E-state index contributed by atoms with van der Waals surface area (Å²) in [5.41, 5.74) is 4.02. The van der Waals surface area contributed by atoms with Crippen LogP contribution in [0.15, 0.2) is 70.6 Å². The lowest BCUT2D eigenvalue weighted by molar-refractivity contribution is -0.124. The van der Waals surface area contributed by atoms with Gasteiger partial charge < -0.3 is 5.32 Å². The van der Waals surface area contributed by atoms with Crippen molar-refractivity contribution >= 4 is 17.7 Å². The van der Waals surface area contributed by atoms with E-state index in [2.05, 4.69) is 58.8 Å². The van der Waals surface area contributed by atoms with Gasteiger partial charge in [0.1, 0.15) is 0 Å². The molecule has 0 saturated heterocycles. The lowest BCUT2D eigenvalue weighted by atomic mass is 9.88. The summed E-state index contributed by atoms with van der Waals surface area (Å²) in [7, 11) is 0. The number of nitrogens with zero attached hydrogens (tertiary/aromatic N) is 2. The van der Waals surface area contributed by atoms with Gasteiger partial charge in [-0.1, -0.05) is 79.3 Å². The van der Waals surface area contributed by atoms with Crippen molar-refractivity contribution < 1.29 is 4.79 Å². The third-order valence-corrected chi connectivity index (χ3v) is 7.25. The maximum atomic E-state index is 12.9. The van der Waals surface area contributed by atoms with Gasteiger partial charge >= 0.3 is 0 Å². The summed E-state index contributed by atoms with van der Waals surface area (Å²) in [6, 6.07) is 20.8. The summed E-state index contributed by atoms with van der Waals surface area (Å²) in [6.07, 6.45) is 1.47. The van der Waals surface area contributed by atoms with Crippen LogP contribution in [0.4, 0.5) is 0 Å². The predicted octanol–water partition coefficient (Wildman–Crippen LogP) is 4.17. The lowest BCUT2D eigenvalue weighted by Gasteiger charge is -2.25. The smallest absolute Gasteiger partial charge is 0.257 e. The molecule has 1 aromatic heterocycles. The van der Waals surface area contributed by atoms with E-state index < -0.39 is 0 Å². The summed E-state index contributed by atoms with van der Waals surface area (Å²) in [6.45, 7) is 4.83. The van der Waals surface area contributed by atoms with E-state index in [0.29, 0.717) is 25.3 Å². The van der Waals surface area contributed by atoms with Gasteiger partial charge in [-0.15, -0.1) is 0 Å². The van der Waals surface area contributed by atoms with Crippen LogP contribution < -0.4 is 10.9 Å². The Hall–Kier alpha value is -2.86. The van der Waals surface area contributed by atoms with Gasteiger partial charge in [-0.2, -0.15) is 0 Å². The third-order valence-electron chi connectivity index (χ3n) is 6.11. The molecule has 2 aromatic carbocycles. The van der Waals surface area contributed by atoms with Gasteiger partial charge in [-0.3, -0.25) is 14.2 Å². The summed E-state index contributed by atoms with van der Waals surface area (Å²) in [5, 5.41) is 3.85. The second-order valence-electron chi connectivity index (χ2n) is 8.19. The summed E-state index contributed by atoms with van der Waals surface area (Å²) >= 11 is 1.50. The number of amides is 1. The monoisotopic (exact) mass is 447 g/mol. The predicted molar refractivity (Wildman–Crippen MR) is 129 cm³/mol. The number of carbonyl (C=O) groups is 1. The molecule has 1 amide bonds. The second-order valence-corrected chi connectivity index (χ2v) is 9.18. The van der Waals surface area contributed by atoms with E-state index in [-0.39, 0.29) is 23.3 Å². The molecule has 1 N–H and O–H groups in total. The van der Waals surface area contributed by atoms with Crippen molar-refractivity contribution in [3.63, 3.8) is 0 Å². The van der Waals surface area contributed by atoms with Gasteiger partial charge in [-0.25, -0.2) is 4.98 Å². The van der Waals surface area contributed by atoms with Crippen molar-refractivity contribution in [3.05, 3.63) is 93.4 Å². The molecule has 1 unspecified atom stereocenters. The highest BCUT2D eigenvalue weighted by Crippen LogP contribution is 2.28. The zero-order valence-electron chi connectivity index (χ0n) is 18.6. The normalized spacial score (nSPS) is 15.4. The molecule has 3 aromatic rings. The van der Waals surface area contributed by atoms with Crippen molar-refractivity contribution in [2.24, 2.45) is 5.92 Å². The molecule has 0 radical (unpaired) electrons. The summed E-state index contributed by atoms with van der Waals surface area (Å²) in [5.74, 6) is 0.644. The first kappa shape index (κ1) is 22.3. The van der Waals surface area contributed by atoms with E-state index in [1.165, 1.54) is 22.9 Å². The molecular weight excluding hydrogens is 418 g/mol. The highest BCUT2D eigenvalue weighted by molar-refractivity contribution is 7.99. The van der Waals surface area contributed by atoms with Gasteiger partial charge in [0.15, 0.2) is 5.16 Å². The molecule has 2 heterocycles. The second kappa shape index (κ2) is 10.2. The minimum Gasteiger partial charge on any atom is -0.356 e. The minimum atomic E-state index is -0.230. The van der Waals surface area contributed by atoms with E-state index in [4.69, 9.17) is 0 Å². The number of benzene rings is 2. The Morgan fingerprint density at radius 1 is 1.12 bits per heavy atom. The van der Waals surface area contributed by atoms with Crippen molar-refractivity contribution in [2.75, 3.05) is 12.3 Å². The van der Waals surface area contributed by atoms with E-state index in [1.807, 2.05) is 26.0 Å². The standard InChI is InChI=1S/C26H29N3O2S/c1-3-22-18(2)28-26-29(25(22)31)16-21(17-32-26)24(30)27-15-14-23(19-10-6-4-7-11-19)20-12-8-5-9-13-20/h4-13,21,23H,3,14-17H2,1-2H3,(H,27,30). The van der Waals surface area contributed by atoms with Crippen molar-refractivity contribution in [3.8, 4) is 0 Å². The zero-order valence-corrected chi connectivity index (χ0v) is 19.4. The molecule has 0 saturated carbocycles. The number of rotatable bonds is 7. The molecule has 0 fully saturated rings. The molecule has 1 aliphatic rings. The number of nitrogens with one attached hydrogen (secondary N) is 1. The highest BCUT2D eigenvalue weighted by Gasteiger charge is 2.28. The quantitative estimate of drug-likeness (QED) is 0.552. The lowest BCUT2D eigenvalue weighted by Crippen LogP contribution is -2.41. The van der Waals surface area contributed by atoms with E-state index in [0.717, 1.165) is 22.8 Å². The van der Waals surface area contributed by atoms with Gasteiger partial charge in [0, 0.05) is 36.0 Å². The van der Waals surface area contributed by atoms with Gasteiger partial charge in [-0.05, 0) is 30.9 Å². The fraction of sp³-hybridized carbons (Fsp3) is 0.346. The number of thioether (sulfide) groups is 1. The highest BCUT2D eigenvalue weighted by atomic mass is 32.2. The number of carbonyl (C=O) groups excluding carboxylic acids is 1. The Balaban J connectivity index is 1.42. The number of hydrogen-bond donors (Lipinski definition) is 1. The van der Waals surface area contributed by atoms with Crippen LogP contribution in [0.25, 0.3) is 0 Å². The van der Waals surface area contributed by atoms with Crippen molar-refractivity contribution in [1.82, 2.24) is 14.9 Å². The maximum absolute atomic E-state index is 12.9. The summed E-state index contributed by atoms with van der Waals surface area (Å²) < 4.78 is 1.68. The topological polar surface area (TPSA) is 64.0 Å². The van der Waals surface area contributed by atoms with Crippen LogP contribution in [0.1, 0.15) is 41.6 Å². The third kappa shape index (κ3) is 4.80. The van der Waals surface area contributed by atoms with Crippen LogP contribution in [0.3, 0.4) is 0 Å². The van der Waals surface area contributed by atoms with Gasteiger partial charge in [0.25, 0.3) is 5.56 Å². The summed E-state index contributed by atoms with van der Waals surface area (Å²) in [4.78, 5) is 30.3. The Morgan fingerprint density at radius 3 is 2.34 bits per heavy atom. The first-order chi connectivity index (χ1) is 15.6. The van der Waals surface area contributed by atoms with Crippen molar-refractivity contribution in [1.29, 1.82) is 0 Å². The Morgan fingerprint density at radius 2 is 1.75 bits per heavy atom. The largest absolute Gasteiger partial charge is 0.356 e. The van der Waals surface area contributed by atoms with Gasteiger partial charge in [0.05, 0.1) is 5.92 Å². The molecular formula is C26H29N3O2S. The van der Waals surface area contributed by atoms with E-state index >= 15 is 0 Å². The van der Waals surface area contributed by atoms with Crippen molar-refractivity contribution in [2.45, 2.75) is 44.3 Å². The Kier molecular flexibility index (Phi) is 7.10. The maximum Gasteiger partial charge on any atom is 0.257 e.